The number of nitrogens with one attached hydrogen (secondary N) is 1. The van der Waals surface area contributed by atoms with Gasteiger partial charge in [0.15, 0.2) is 0 Å². The highest BCUT2D eigenvalue weighted by molar-refractivity contribution is 14.1. The Morgan fingerprint density at radius 3 is 2.74 bits per heavy atom. The molecule has 1 heterocycles. The van der Waals surface area contributed by atoms with Crippen molar-refractivity contribution in [3.8, 4) is 6.07 Å². The van der Waals surface area contributed by atoms with Gasteiger partial charge in [0, 0.05) is 9.49 Å². The number of nitrogens with zero attached hydrogens (tertiary/aromatic N) is 1. The number of nitriles is 1. The number of carbonyl (C=O) groups is 2. The number of benzene rings is 1. The Balaban J connectivity index is 2.64. The standard InChI is InChI=1S/C16H15IN2O3S/c1-3-22-16(21)13-12(9-6-4-5-7-11(9)17)10(8-18)15(23-2)19-14(13)20/h4-7,12-13H,3H2,1-2H3,(H,19,20)/t12-,13-/m0/s1. The van der Waals surface area contributed by atoms with Crippen molar-refractivity contribution in [2.45, 2.75) is 12.8 Å². The first-order valence-corrected chi connectivity index (χ1v) is 9.25. The van der Waals surface area contributed by atoms with Gasteiger partial charge in [0.25, 0.3) is 0 Å². The summed E-state index contributed by atoms with van der Waals surface area (Å²) < 4.78 is 5.96. The number of rotatable bonds is 4. The van der Waals surface area contributed by atoms with Gasteiger partial charge in [-0.2, -0.15) is 5.26 Å². The fourth-order valence-corrected chi connectivity index (χ4v) is 3.85. The van der Waals surface area contributed by atoms with Crippen molar-refractivity contribution >= 4 is 46.2 Å². The Hall–Kier alpha value is -1.53. The van der Waals surface area contributed by atoms with Crippen LogP contribution in [0.25, 0.3) is 0 Å². The largest absolute Gasteiger partial charge is 0.465 e. The van der Waals surface area contributed by atoms with Crippen molar-refractivity contribution in [2.24, 2.45) is 5.92 Å². The van der Waals surface area contributed by atoms with Gasteiger partial charge in [0.1, 0.15) is 5.92 Å². The SMILES string of the molecule is CCOC(=O)[C@@H]1C(=O)NC(SC)=C(C#N)[C@@H]1c1ccccc1I. The number of ether oxygens (including phenoxy) is 1. The average molecular weight is 442 g/mol. The fraction of sp³-hybridized carbons (Fsp3) is 0.312. The van der Waals surface area contributed by atoms with E-state index in [4.69, 9.17) is 4.74 Å². The Kier molecular flexibility index (Phi) is 6.07. The first kappa shape index (κ1) is 17.8. The fourth-order valence-electron chi connectivity index (χ4n) is 2.54. The molecule has 1 aliphatic rings. The first-order valence-electron chi connectivity index (χ1n) is 6.95. The lowest BCUT2D eigenvalue weighted by Gasteiger charge is -2.31. The molecule has 1 aromatic carbocycles. The Bertz CT molecular complexity index is 712. The maximum absolute atomic E-state index is 12.5. The minimum absolute atomic E-state index is 0.183. The molecule has 0 spiro atoms. The highest BCUT2D eigenvalue weighted by Crippen LogP contribution is 2.41. The van der Waals surface area contributed by atoms with Gasteiger partial charge in [-0.15, -0.1) is 11.8 Å². The lowest BCUT2D eigenvalue weighted by Crippen LogP contribution is -2.44. The smallest absolute Gasteiger partial charge is 0.319 e. The second-order valence-electron chi connectivity index (χ2n) is 4.78. The van der Waals surface area contributed by atoms with Crippen LogP contribution in [0.5, 0.6) is 0 Å². The molecule has 5 nitrogen and oxygen atoms in total. The van der Waals surface area contributed by atoms with E-state index < -0.39 is 23.7 Å². The van der Waals surface area contributed by atoms with Crippen LogP contribution in [0.2, 0.25) is 0 Å². The average Bonchev–Trinajstić information content (AvgIpc) is 2.54. The highest BCUT2D eigenvalue weighted by Gasteiger charge is 2.44. The van der Waals surface area contributed by atoms with Gasteiger partial charge < -0.3 is 10.1 Å². The third kappa shape index (κ3) is 3.53. The van der Waals surface area contributed by atoms with Crippen LogP contribution in [-0.2, 0) is 14.3 Å². The Morgan fingerprint density at radius 2 is 2.17 bits per heavy atom. The predicted molar refractivity (Wildman–Crippen MR) is 96.3 cm³/mol. The van der Waals surface area contributed by atoms with E-state index in [1.54, 1.807) is 13.2 Å². The molecule has 2 rings (SSSR count). The molecule has 1 aliphatic heterocycles. The van der Waals surface area contributed by atoms with E-state index in [-0.39, 0.29) is 6.61 Å². The van der Waals surface area contributed by atoms with E-state index in [0.717, 1.165) is 9.13 Å². The van der Waals surface area contributed by atoms with Gasteiger partial charge in [-0.25, -0.2) is 0 Å². The second-order valence-corrected chi connectivity index (χ2v) is 6.76. The molecular weight excluding hydrogens is 427 g/mol. The van der Waals surface area contributed by atoms with E-state index >= 15 is 0 Å². The molecule has 0 unspecified atom stereocenters. The van der Waals surface area contributed by atoms with Crippen molar-refractivity contribution in [3.05, 3.63) is 44.0 Å². The normalized spacial score (nSPS) is 20.7. The summed E-state index contributed by atoms with van der Waals surface area (Å²) in [5, 5.41) is 12.7. The molecule has 2 atom stereocenters. The molecular formula is C16H15IN2O3S. The molecule has 0 aromatic heterocycles. The summed E-state index contributed by atoms with van der Waals surface area (Å²) in [7, 11) is 0. The third-order valence-electron chi connectivity index (χ3n) is 3.51. The van der Waals surface area contributed by atoms with Crippen LogP contribution in [0.4, 0.5) is 0 Å². The zero-order valence-corrected chi connectivity index (χ0v) is 15.6. The van der Waals surface area contributed by atoms with Crippen LogP contribution < -0.4 is 5.32 Å². The van der Waals surface area contributed by atoms with Gasteiger partial charge >= 0.3 is 5.97 Å². The van der Waals surface area contributed by atoms with E-state index in [9.17, 15) is 14.9 Å². The van der Waals surface area contributed by atoms with Crippen LogP contribution in [0.3, 0.4) is 0 Å². The molecule has 1 N–H and O–H groups in total. The van der Waals surface area contributed by atoms with Crippen LogP contribution in [0.15, 0.2) is 34.9 Å². The second kappa shape index (κ2) is 7.84. The number of carbonyl (C=O) groups excluding carboxylic acids is 2. The Labute approximate surface area is 152 Å². The number of hydrogen-bond acceptors (Lipinski definition) is 5. The quantitative estimate of drug-likeness (QED) is 0.441. The highest BCUT2D eigenvalue weighted by atomic mass is 127. The molecule has 0 fully saturated rings. The number of allylic oxidation sites excluding steroid dienone is 1. The minimum atomic E-state index is -1.06. The van der Waals surface area contributed by atoms with Gasteiger partial charge in [-0.3, -0.25) is 9.59 Å². The summed E-state index contributed by atoms with van der Waals surface area (Å²) in [5.41, 5.74) is 1.17. The summed E-state index contributed by atoms with van der Waals surface area (Å²) in [6.45, 7) is 1.87. The monoisotopic (exact) mass is 442 g/mol. The van der Waals surface area contributed by atoms with Crippen molar-refractivity contribution in [1.29, 1.82) is 5.26 Å². The van der Waals surface area contributed by atoms with Gasteiger partial charge in [0.2, 0.25) is 5.91 Å². The summed E-state index contributed by atoms with van der Waals surface area (Å²) in [5.74, 6) is -2.74. The summed E-state index contributed by atoms with van der Waals surface area (Å²) in [4.78, 5) is 24.8. The maximum atomic E-state index is 12.5. The molecule has 0 radical (unpaired) electrons. The van der Waals surface area contributed by atoms with E-state index in [2.05, 4.69) is 34.0 Å². The van der Waals surface area contributed by atoms with Crippen molar-refractivity contribution in [3.63, 3.8) is 0 Å². The first-order chi connectivity index (χ1) is 11.0. The number of thioether (sulfide) groups is 1. The lowest BCUT2D eigenvalue weighted by molar-refractivity contribution is -0.152. The zero-order valence-electron chi connectivity index (χ0n) is 12.6. The number of esters is 1. The van der Waals surface area contributed by atoms with Crippen LogP contribution in [0, 0.1) is 20.8 Å². The molecule has 1 aromatic rings. The number of halogens is 1. The molecule has 0 saturated carbocycles. The summed E-state index contributed by atoms with van der Waals surface area (Å²) in [6, 6.07) is 9.60. The lowest BCUT2D eigenvalue weighted by atomic mass is 9.78. The summed E-state index contributed by atoms with van der Waals surface area (Å²) in [6.07, 6.45) is 1.78. The maximum Gasteiger partial charge on any atom is 0.319 e. The zero-order chi connectivity index (χ0) is 17.0. The van der Waals surface area contributed by atoms with Gasteiger partial charge in [0.05, 0.1) is 23.3 Å². The molecule has 0 aliphatic carbocycles. The number of hydrogen-bond donors (Lipinski definition) is 1. The van der Waals surface area contributed by atoms with Gasteiger partial charge in [-0.1, -0.05) is 18.2 Å². The number of amides is 1. The molecule has 0 bridgehead atoms. The molecule has 23 heavy (non-hydrogen) atoms. The molecule has 7 heteroatoms. The van der Waals surface area contributed by atoms with Gasteiger partial charge in [-0.05, 0) is 47.4 Å². The molecule has 0 saturated heterocycles. The van der Waals surface area contributed by atoms with Crippen molar-refractivity contribution in [2.75, 3.05) is 12.9 Å². The van der Waals surface area contributed by atoms with Crippen LogP contribution in [0.1, 0.15) is 18.4 Å². The van der Waals surface area contributed by atoms with Crippen molar-refractivity contribution < 1.29 is 14.3 Å². The molecule has 120 valence electrons. The Morgan fingerprint density at radius 1 is 1.48 bits per heavy atom. The van der Waals surface area contributed by atoms with Crippen molar-refractivity contribution in [1.82, 2.24) is 5.32 Å². The van der Waals surface area contributed by atoms with Crippen LogP contribution in [-0.4, -0.2) is 24.7 Å². The topological polar surface area (TPSA) is 79.2 Å². The van der Waals surface area contributed by atoms with Crippen LogP contribution >= 0.6 is 34.4 Å². The minimum Gasteiger partial charge on any atom is -0.465 e. The van der Waals surface area contributed by atoms with E-state index in [1.165, 1.54) is 11.8 Å². The third-order valence-corrected chi connectivity index (χ3v) is 5.23. The van der Waals surface area contributed by atoms with E-state index in [1.807, 2.05) is 24.3 Å². The predicted octanol–water partition coefficient (Wildman–Crippen LogP) is 2.78. The summed E-state index contributed by atoms with van der Waals surface area (Å²) >= 11 is 3.43. The van der Waals surface area contributed by atoms with E-state index in [0.29, 0.717) is 10.6 Å². The molecule has 1 amide bonds.